The number of benzene rings is 2. The van der Waals surface area contributed by atoms with Crippen LogP contribution < -0.4 is 14.8 Å². The Kier molecular flexibility index (Phi) is 7.12. The average Bonchev–Trinajstić information content (AvgIpc) is 3.41. The molecule has 4 rings (SSSR count). The van der Waals surface area contributed by atoms with Gasteiger partial charge in [0.1, 0.15) is 11.3 Å². The summed E-state index contributed by atoms with van der Waals surface area (Å²) in [5, 5.41) is 4.76. The summed E-state index contributed by atoms with van der Waals surface area (Å²) >= 11 is 0. The fourth-order valence-corrected chi connectivity index (χ4v) is 4.06. The van der Waals surface area contributed by atoms with Crippen LogP contribution in [0.4, 0.5) is 0 Å². The van der Waals surface area contributed by atoms with Gasteiger partial charge in [0.25, 0.3) is 0 Å². The lowest BCUT2D eigenvalue weighted by molar-refractivity contribution is -0.143. The number of furan rings is 1. The molecule has 2 unspecified atom stereocenters. The van der Waals surface area contributed by atoms with Crippen molar-refractivity contribution in [3.05, 3.63) is 59.9 Å². The Labute approximate surface area is 183 Å². The predicted molar refractivity (Wildman–Crippen MR) is 119 cm³/mol. The van der Waals surface area contributed by atoms with E-state index in [-0.39, 0.29) is 25.0 Å². The third-order valence-electron chi connectivity index (χ3n) is 5.65. The van der Waals surface area contributed by atoms with E-state index in [1.54, 1.807) is 0 Å². The first kappa shape index (κ1) is 21.7. The summed E-state index contributed by atoms with van der Waals surface area (Å²) in [6, 6.07) is 16.5. The van der Waals surface area contributed by atoms with Gasteiger partial charge in [-0.2, -0.15) is 0 Å². The van der Waals surface area contributed by atoms with Crippen LogP contribution >= 0.6 is 0 Å². The van der Waals surface area contributed by atoms with Gasteiger partial charge >= 0.3 is 0 Å². The average molecular weight is 426 g/mol. The molecule has 2 atom stereocenters. The lowest BCUT2D eigenvalue weighted by Gasteiger charge is -2.29. The molecule has 0 bridgehead atoms. The maximum absolute atomic E-state index is 5.97. The summed E-state index contributed by atoms with van der Waals surface area (Å²) < 4.78 is 28.8. The SMILES string of the molecule is CCOC(CC(c1ccc2c(c1)OCO2)C(C)NCc1cc2ccccc2o1)OCC. The van der Waals surface area contributed by atoms with Crippen molar-refractivity contribution >= 4 is 11.0 Å². The van der Waals surface area contributed by atoms with Crippen molar-refractivity contribution in [2.45, 2.75) is 52.0 Å². The Hall–Kier alpha value is -2.54. The van der Waals surface area contributed by atoms with Crippen LogP contribution in [0.2, 0.25) is 0 Å². The number of hydrogen-bond acceptors (Lipinski definition) is 6. The summed E-state index contributed by atoms with van der Waals surface area (Å²) in [7, 11) is 0. The Balaban J connectivity index is 1.51. The first-order valence-corrected chi connectivity index (χ1v) is 11.0. The molecule has 166 valence electrons. The second kappa shape index (κ2) is 10.2. The Morgan fingerprint density at radius 2 is 1.74 bits per heavy atom. The molecule has 2 aromatic carbocycles. The van der Waals surface area contributed by atoms with Crippen molar-refractivity contribution < 1.29 is 23.4 Å². The standard InChI is InChI=1S/C25H31NO5/c1-4-27-25(28-5-2)14-21(18-10-11-23-24(13-18)30-16-29-23)17(3)26-15-20-12-19-8-6-7-9-22(19)31-20/h6-13,17,21,25-26H,4-5,14-16H2,1-3H3. The van der Waals surface area contributed by atoms with Gasteiger partial charge in [0.05, 0.1) is 6.54 Å². The number of hydrogen-bond donors (Lipinski definition) is 1. The van der Waals surface area contributed by atoms with Gasteiger partial charge in [-0.05, 0) is 50.6 Å². The molecule has 0 spiro atoms. The van der Waals surface area contributed by atoms with E-state index in [2.05, 4.69) is 36.5 Å². The van der Waals surface area contributed by atoms with Gasteiger partial charge in [-0.3, -0.25) is 0 Å². The van der Waals surface area contributed by atoms with Crippen LogP contribution in [0.25, 0.3) is 11.0 Å². The normalized spacial score (nSPS) is 15.0. The number of fused-ring (bicyclic) bond motifs is 2. The molecule has 1 aliphatic heterocycles. The molecule has 0 radical (unpaired) electrons. The predicted octanol–water partition coefficient (Wildman–Crippen LogP) is 5.21. The number of ether oxygens (including phenoxy) is 4. The van der Waals surface area contributed by atoms with E-state index in [0.717, 1.165) is 34.6 Å². The van der Waals surface area contributed by atoms with Gasteiger partial charge in [-0.15, -0.1) is 0 Å². The summed E-state index contributed by atoms with van der Waals surface area (Å²) in [5.74, 6) is 2.65. The van der Waals surface area contributed by atoms with Crippen LogP contribution in [0, 0.1) is 0 Å². The molecule has 1 N–H and O–H groups in total. The van der Waals surface area contributed by atoms with Gasteiger partial charge < -0.3 is 28.7 Å². The highest BCUT2D eigenvalue weighted by Crippen LogP contribution is 2.37. The minimum absolute atomic E-state index is 0.150. The zero-order valence-corrected chi connectivity index (χ0v) is 18.4. The van der Waals surface area contributed by atoms with Gasteiger partial charge in [-0.1, -0.05) is 24.3 Å². The second-order valence-corrected chi connectivity index (χ2v) is 7.72. The summed E-state index contributed by atoms with van der Waals surface area (Å²) in [6.07, 6.45) is 0.469. The van der Waals surface area contributed by atoms with Crippen LogP contribution in [0.1, 0.15) is 44.4 Å². The van der Waals surface area contributed by atoms with Crippen LogP contribution in [-0.4, -0.2) is 32.3 Å². The molecule has 0 aliphatic carbocycles. The maximum Gasteiger partial charge on any atom is 0.231 e. The maximum atomic E-state index is 5.97. The van der Waals surface area contributed by atoms with Gasteiger partial charge in [0.15, 0.2) is 17.8 Å². The first-order valence-electron chi connectivity index (χ1n) is 11.0. The molecule has 3 aromatic rings. The minimum atomic E-state index is -0.263. The van der Waals surface area contributed by atoms with Crippen molar-refractivity contribution in [1.29, 1.82) is 0 Å². The van der Waals surface area contributed by atoms with Crippen molar-refractivity contribution in [2.24, 2.45) is 0 Å². The number of nitrogens with one attached hydrogen (secondary N) is 1. The molecule has 1 aromatic heterocycles. The van der Waals surface area contributed by atoms with Gasteiger partial charge in [0, 0.05) is 37.0 Å². The lowest BCUT2D eigenvalue weighted by Crippen LogP contribution is -2.34. The highest BCUT2D eigenvalue weighted by molar-refractivity contribution is 5.77. The molecule has 2 heterocycles. The van der Waals surface area contributed by atoms with E-state index in [1.165, 1.54) is 5.56 Å². The zero-order valence-electron chi connectivity index (χ0n) is 18.4. The first-order chi connectivity index (χ1) is 15.2. The topological polar surface area (TPSA) is 62.1 Å². The molecule has 1 aliphatic rings. The van der Waals surface area contributed by atoms with E-state index in [9.17, 15) is 0 Å². The van der Waals surface area contributed by atoms with Crippen molar-refractivity contribution in [3.63, 3.8) is 0 Å². The van der Waals surface area contributed by atoms with Crippen LogP contribution in [-0.2, 0) is 16.0 Å². The monoisotopic (exact) mass is 425 g/mol. The van der Waals surface area contributed by atoms with Gasteiger partial charge in [-0.25, -0.2) is 0 Å². The summed E-state index contributed by atoms with van der Waals surface area (Å²) in [4.78, 5) is 0. The Morgan fingerprint density at radius 1 is 0.968 bits per heavy atom. The number of rotatable bonds is 11. The van der Waals surface area contributed by atoms with Crippen molar-refractivity contribution in [3.8, 4) is 11.5 Å². The molecule has 0 saturated carbocycles. The van der Waals surface area contributed by atoms with E-state index in [1.807, 2.05) is 38.1 Å². The van der Waals surface area contributed by atoms with E-state index in [0.29, 0.717) is 19.8 Å². The van der Waals surface area contributed by atoms with E-state index < -0.39 is 0 Å². The van der Waals surface area contributed by atoms with Gasteiger partial charge in [0.2, 0.25) is 6.79 Å². The molecule has 0 saturated heterocycles. The Bertz CT molecular complexity index is 946. The largest absolute Gasteiger partial charge is 0.460 e. The minimum Gasteiger partial charge on any atom is -0.460 e. The van der Waals surface area contributed by atoms with Crippen LogP contribution in [0.3, 0.4) is 0 Å². The van der Waals surface area contributed by atoms with Crippen LogP contribution in [0.5, 0.6) is 11.5 Å². The lowest BCUT2D eigenvalue weighted by atomic mass is 9.88. The summed E-state index contributed by atoms with van der Waals surface area (Å²) in [6.45, 7) is 8.30. The summed E-state index contributed by atoms with van der Waals surface area (Å²) in [5.41, 5.74) is 2.07. The molecule has 0 fully saturated rings. The fourth-order valence-electron chi connectivity index (χ4n) is 4.06. The van der Waals surface area contributed by atoms with Crippen molar-refractivity contribution in [2.75, 3.05) is 20.0 Å². The molecule has 6 nitrogen and oxygen atoms in total. The fraction of sp³-hybridized carbons (Fsp3) is 0.440. The Morgan fingerprint density at radius 3 is 2.52 bits per heavy atom. The molecular weight excluding hydrogens is 394 g/mol. The van der Waals surface area contributed by atoms with E-state index in [4.69, 9.17) is 23.4 Å². The highest BCUT2D eigenvalue weighted by Gasteiger charge is 2.26. The molecule has 6 heteroatoms. The molecular formula is C25H31NO5. The van der Waals surface area contributed by atoms with Crippen LogP contribution in [0.15, 0.2) is 52.9 Å². The quantitative estimate of drug-likeness (QED) is 0.426. The third-order valence-corrected chi connectivity index (χ3v) is 5.65. The molecule has 0 amide bonds. The third kappa shape index (κ3) is 5.21. The molecule has 31 heavy (non-hydrogen) atoms. The number of para-hydroxylation sites is 1. The van der Waals surface area contributed by atoms with Crippen molar-refractivity contribution in [1.82, 2.24) is 5.32 Å². The zero-order chi connectivity index (χ0) is 21.6. The van der Waals surface area contributed by atoms with E-state index >= 15 is 0 Å². The highest BCUT2D eigenvalue weighted by atomic mass is 16.7. The second-order valence-electron chi connectivity index (χ2n) is 7.72. The smallest absolute Gasteiger partial charge is 0.231 e.